The molecule has 2 fully saturated rings. The molecular weight excluding hydrogens is 246 g/mol. The van der Waals surface area contributed by atoms with Gasteiger partial charge in [0.05, 0.1) is 0 Å². The first-order valence-electron chi connectivity index (χ1n) is 6.81. The maximum atomic E-state index is 12.5. The van der Waals surface area contributed by atoms with Crippen LogP contribution in [0, 0.1) is 5.41 Å². The van der Waals surface area contributed by atoms with Crippen LogP contribution in [0.5, 0.6) is 0 Å². The topological polar surface area (TPSA) is 94.2 Å². The summed E-state index contributed by atoms with van der Waals surface area (Å²) in [7, 11) is 2.06. The molecule has 1 aliphatic heterocycles. The molecule has 0 radical (unpaired) electrons. The van der Waals surface area contributed by atoms with E-state index in [0.717, 1.165) is 39.0 Å². The molecule has 0 unspecified atom stereocenters. The number of hydrazine groups is 1. The minimum atomic E-state index is -0.821. The molecule has 7 heteroatoms. The van der Waals surface area contributed by atoms with Crippen LogP contribution >= 0.6 is 0 Å². The Morgan fingerprint density at radius 2 is 1.84 bits per heavy atom. The van der Waals surface area contributed by atoms with E-state index in [4.69, 9.17) is 10.9 Å². The van der Waals surface area contributed by atoms with E-state index in [1.165, 1.54) is 0 Å². The summed E-state index contributed by atoms with van der Waals surface area (Å²) in [6.45, 7) is 3.46. The number of hydrogen-bond acceptors (Lipinski definition) is 5. The number of amidine groups is 1. The largest absolute Gasteiger partial charge is 0.409 e. The maximum Gasteiger partial charge on any atom is 0.248 e. The Morgan fingerprint density at radius 1 is 1.26 bits per heavy atom. The summed E-state index contributed by atoms with van der Waals surface area (Å²) in [5.74, 6) is -0.0959. The van der Waals surface area contributed by atoms with Crippen LogP contribution in [0.25, 0.3) is 0 Å². The lowest BCUT2D eigenvalue weighted by Crippen LogP contribution is -2.57. The number of nitrogens with zero attached hydrogens (tertiary/aromatic N) is 3. The fourth-order valence-corrected chi connectivity index (χ4v) is 2.84. The summed E-state index contributed by atoms with van der Waals surface area (Å²) in [4.78, 5) is 14.7. The zero-order valence-electron chi connectivity index (χ0n) is 11.4. The average molecular weight is 269 g/mol. The second kappa shape index (κ2) is 5.75. The molecule has 1 saturated carbocycles. The third-order valence-electron chi connectivity index (χ3n) is 4.25. The van der Waals surface area contributed by atoms with E-state index >= 15 is 0 Å². The fourth-order valence-electron chi connectivity index (χ4n) is 2.84. The average Bonchev–Trinajstić information content (AvgIpc) is 2.91. The number of rotatable bonds is 3. The number of amides is 1. The molecular formula is C12H23N5O2. The van der Waals surface area contributed by atoms with Crippen molar-refractivity contribution in [3.63, 3.8) is 0 Å². The molecule has 7 nitrogen and oxygen atoms in total. The van der Waals surface area contributed by atoms with E-state index in [0.29, 0.717) is 12.8 Å². The summed E-state index contributed by atoms with van der Waals surface area (Å²) in [5, 5.41) is 13.9. The fraction of sp³-hybridized carbons (Fsp3) is 0.833. The third-order valence-corrected chi connectivity index (χ3v) is 4.25. The third kappa shape index (κ3) is 2.82. The molecule has 0 aromatic heterocycles. The highest BCUT2D eigenvalue weighted by molar-refractivity contribution is 6.06. The molecule has 0 aromatic carbocycles. The van der Waals surface area contributed by atoms with Gasteiger partial charge in [-0.05, 0) is 19.9 Å². The number of hydrogen-bond donors (Lipinski definition) is 3. The van der Waals surface area contributed by atoms with E-state index in [9.17, 15) is 4.79 Å². The van der Waals surface area contributed by atoms with Crippen molar-refractivity contribution in [1.82, 2.24) is 15.3 Å². The van der Waals surface area contributed by atoms with E-state index in [-0.39, 0.29) is 11.7 Å². The van der Waals surface area contributed by atoms with Gasteiger partial charge in [-0.1, -0.05) is 18.0 Å². The Labute approximate surface area is 113 Å². The van der Waals surface area contributed by atoms with E-state index in [2.05, 4.69) is 22.5 Å². The number of likely N-dealkylation sites (N-methyl/N-ethyl adjacent to an activating group) is 1. The highest BCUT2D eigenvalue weighted by atomic mass is 16.4. The lowest BCUT2D eigenvalue weighted by Gasteiger charge is -2.35. The molecule has 0 atom stereocenters. The number of nitrogens with one attached hydrogen (secondary N) is 1. The molecule has 1 aliphatic carbocycles. The Kier molecular flexibility index (Phi) is 4.26. The first-order valence-corrected chi connectivity index (χ1v) is 6.81. The quantitative estimate of drug-likeness (QED) is 0.280. The van der Waals surface area contributed by atoms with Gasteiger partial charge in [-0.3, -0.25) is 10.2 Å². The predicted molar refractivity (Wildman–Crippen MR) is 71.5 cm³/mol. The summed E-state index contributed by atoms with van der Waals surface area (Å²) in [6, 6.07) is 0. The SMILES string of the molecule is CN1CCN(NC(=O)C2(C(N)=NO)CCCC2)CC1. The number of oxime groups is 1. The number of nitrogens with two attached hydrogens (primary N) is 1. The molecule has 0 spiro atoms. The zero-order chi connectivity index (χ0) is 13.9. The van der Waals surface area contributed by atoms with Crippen molar-refractivity contribution in [3.8, 4) is 0 Å². The van der Waals surface area contributed by atoms with Gasteiger partial charge >= 0.3 is 0 Å². The van der Waals surface area contributed by atoms with Crippen LogP contribution in [-0.4, -0.2) is 60.1 Å². The molecule has 1 heterocycles. The van der Waals surface area contributed by atoms with Crippen LogP contribution in [-0.2, 0) is 4.79 Å². The lowest BCUT2D eigenvalue weighted by atomic mass is 9.84. The van der Waals surface area contributed by atoms with Gasteiger partial charge in [-0.15, -0.1) is 0 Å². The molecule has 1 saturated heterocycles. The Morgan fingerprint density at radius 3 is 2.37 bits per heavy atom. The molecule has 2 rings (SSSR count). The molecule has 19 heavy (non-hydrogen) atoms. The normalized spacial score (nSPS) is 25.4. The lowest BCUT2D eigenvalue weighted by molar-refractivity contribution is -0.133. The minimum Gasteiger partial charge on any atom is -0.409 e. The summed E-state index contributed by atoms with van der Waals surface area (Å²) >= 11 is 0. The predicted octanol–water partition coefficient (Wildman–Crippen LogP) is -0.428. The van der Waals surface area contributed by atoms with Crippen LogP contribution < -0.4 is 11.2 Å². The zero-order valence-corrected chi connectivity index (χ0v) is 11.4. The van der Waals surface area contributed by atoms with Gasteiger partial charge in [0.25, 0.3) is 0 Å². The van der Waals surface area contributed by atoms with Crippen molar-refractivity contribution in [2.75, 3.05) is 33.2 Å². The Balaban J connectivity index is 2.01. The second-order valence-electron chi connectivity index (χ2n) is 5.51. The van der Waals surface area contributed by atoms with Gasteiger partial charge < -0.3 is 15.8 Å². The Bertz CT molecular complexity index is 357. The molecule has 4 N–H and O–H groups in total. The second-order valence-corrected chi connectivity index (χ2v) is 5.51. The van der Waals surface area contributed by atoms with Crippen molar-refractivity contribution in [2.24, 2.45) is 16.3 Å². The number of carbonyl (C=O) groups excluding carboxylic acids is 1. The van der Waals surface area contributed by atoms with Crippen molar-refractivity contribution in [3.05, 3.63) is 0 Å². The van der Waals surface area contributed by atoms with Crippen LogP contribution in [0.2, 0.25) is 0 Å². The minimum absolute atomic E-state index is 0.0385. The van der Waals surface area contributed by atoms with Crippen molar-refractivity contribution >= 4 is 11.7 Å². The van der Waals surface area contributed by atoms with E-state index in [1.54, 1.807) is 0 Å². The standard InChI is InChI=1S/C12H23N5O2/c1-16-6-8-17(9-7-16)14-11(18)12(10(13)15-19)4-2-3-5-12/h19H,2-9H2,1H3,(H2,13,15)(H,14,18). The Hall–Kier alpha value is -1.34. The van der Waals surface area contributed by atoms with Gasteiger partial charge in [0.2, 0.25) is 5.91 Å². The highest BCUT2D eigenvalue weighted by Crippen LogP contribution is 2.38. The summed E-state index contributed by atoms with van der Waals surface area (Å²) < 4.78 is 0. The van der Waals surface area contributed by atoms with Gasteiger partial charge in [0.1, 0.15) is 5.41 Å². The van der Waals surface area contributed by atoms with Crippen molar-refractivity contribution in [2.45, 2.75) is 25.7 Å². The van der Waals surface area contributed by atoms with Gasteiger partial charge in [0, 0.05) is 26.2 Å². The van der Waals surface area contributed by atoms with Gasteiger partial charge in [-0.2, -0.15) is 0 Å². The van der Waals surface area contributed by atoms with Crippen LogP contribution in [0.3, 0.4) is 0 Å². The smallest absolute Gasteiger partial charge is 0.248 e. The van der Waals surface area contributed by atoms with Crippen molar-refractivity contribution in [1.29, 1.82) is 0 Å². The summed E-state index contributed by atoms with van der Waals surface area (Å²) in [5.41, 5.74) is 7.87. The van der Waals surface area contributed by atoms with Crippen molar-refractivity contribution < 1.29 is 10.0 Å². The monoisotopic (exact) mass is 269 g/mol. The number of carbonyl (C=O) groups is 1. The van der Waals surface area contributed by atoms with Crippen LogP contribution in [0.15, 0.2) is 5.16 Å². The first-order chi connectivity index (χ1) is 9.08. The first kappa shape index (κ1) is 14.1. The summed E-state index contributed by atoms with van der Waals surface area (Å²) in [6.07, 6.45) is 3.18. The maximum absolute atomic E-state index is 12.5. The van der Waals surface area contributed by atoms with E-state index < -0.39 is 5.41 Å². The molecule has 0 aromatic rings. The van der Waals surface area contributed by atoms with Gasteiger partial charge in [-0.25, -0.2) is 5.01 Å². The van der Waals surface area contributed by atoms with Crippen LogP contribution in [0.4, 0.5) is 0 Å². The number of piperazine rings is 1. The van der Waals surface area contributed by atoms with Crippen LogP contribution in [0.1, 0.15) is 25.7 Å². The molecule has 108 valence electrons. The molecule has 1 amide bonds. The molecule has 0 bridgehead atoms. The van der Waals surface area contributed by atoms with Gasteiger partial charge in [0.15, 0.2) is 5.84 Å². The molecule has 2 aliphatic rings. The highest BCUT2D eigenvalue weighted by Gasteiger charge is 2.46. The van der Waals surface area contributed by atoms with E-state index in [1.807, 2.05) is 5.01 Å².